The number of rotatable bonds is 4. The van der Waals surface area contributed by atoms with Gasteiger partial charge in [0.2, 0.25) is 0 Å². The molecule has 2 rings (SSSR count). The Kier molecular flexibility index (Phi) is 4.26. The maximum Gasteiger partial charge on any atom is 0.123 e. The van der Waals surface area contributed by atoms with E-state index in [9.17, 15) is 9.18 Å². The Hall–Kier alpha value is -1.22. The lowest BCUT2D eigenvalue weighted by Gasteiger charge is -2.29. The molecule has 1 heterocycles. The zero-order valence-electron chi connectivity index (χ0n) is 9.77. The van der Waals surface area contributed by atoms with E-state index in [1.165, 1.54) is 12.1 Å². The Morgan fingerprint density at radius 2 is 1.94 bits per heavy atom. The monoisotopic (exact) mass is 236 g/mol. The number of carbonyl (C=O) groups is 1. The topological polar surface area (TPSA) is 26.3 Å². The van der Waals surface area contributed by atoms with Crippen molar-refractivity contribution in [2.45, 2.75) is 25.2 Å². The maximum atomic E-state index is 12.9. The second-order valence-electron chi connectivity index (χ2n) is 4.51. The van der Waals surface area contributed by atoms with Gasteiger partial charge in [0.25, 0.3) is 0 Å². The van der Waals surface area contributed by atoms with Gasteiger partial charge < -0.3 is 9.53 Å². The highest BCUT2D eigenvalue weighted by atomic mass is 19.1. The van der Waals surface area contributed by atoms with Gasteiger partial charge in [0.1, 0.15) is 12.1 Å². The quantitative estimate of drug-likeness (QED) is 0.751. The van der Waals surface area contributed by atoms with Crippen LogP contribution in [0.2, 0.25) is 0 Å². The summed E-state index contributed by atoms with van der Waals surface area (Å²) in [6.45, 7) is 1.53. The summed E-state index contributed by atoms with van der Waals surface area (Å²) in [5.74, 6) is 0.446. The summed E-state index contributed by atoms with van der Waals surface area (Å²) in [5.41, 5.74) is 1.06. The first-order valence-electron chi connectivity index (χ1n) is 6.08. The first-order chi connectivity index (χ1) is 8.31. The molecule has 1 unspecified atom stereocenters. The Morgan fingerprint density at radius 1 is 1.29 bits per heavy atom. The van der Waals surface area contributed by atoms with E-state index in [0.29, 0.717) is 12.3 Å². The number of ether oxygens (including phenoxy) is 1. The van der Waals surface area contributed by atoms with Gasteiger partial charge in [0, 0.05) is 19.6 Å². The molecule has 0 radical (unpaired) electrons. The van der Waals surface area contributed by atoms with Crippen molar-refractivity contribution in [1.82, 2.24) is 0 Å². The third-order valence-corrected chi connectivity index (χ3v) is 3.48. The van der Waals surface area contributed by atoms with Crippen molar-refractivity contribution >= 4 is 6.29 Å². The van der Waals surface area contributed by atoms with E-state index < -0.39 is 0 Å². The molecule has 17 heavy (non-hydrogen) atoms. The molecule has 0 aliphatic carbocycles. The summed E-state index contributed by atoms with van der Waals surface area (Å²) in [6, 6.07) is 6.51. The average Bonchev–Trinajstić information content (AvgIpc) is 2.38. The van der Waals surface area contributed by atoms with Crippen LogP contribution in [0.1, 0.15) is 30.7 Å². The molecule has 0 saturated carbocycles. The standard InChI is InChI=1S/C14H17FO2/c15-13-3-1-11(2-4-13)14(5-8-16)12-6-9-17-10-7-12/h1-4,8,12,14H,5-7,9-10H2. The van der Waals surface area contributed by atoms with E-state index in [-0.39, 0.29) is 11.7 Å². The van der Waals surface area contributed by atoms with Crippen molar-refractivity contribution in [2.75, 3.05) is 13.2 Å². The second kappa shape index (κ2) is 5.92. The van der Waals surface area contributed by atoms with E-state index in [1.807, 2.05) is 0 Å². The lowest BCUT2D eigenvalue weighted by atomic mass is 9.80. The van der Waals surface area contributed by atoms with Crippen LogP contribution < -0.4 is 0 Å². The van der Waals surface area contributed by atoms with E-state index in [1.54, 1.807) is 12.1 Å². The van der Waals surface area contributed by atoms with Gasteiger partial charge in [0.05, 0.1) is 0 Å². The SMILES string of the molecule is O=CCC(c1ccc(F)cc1)C1CCOCC1. The summed E-state index contributed by atoms with van der Waals surface area (Å²) >= 11 is 0. The fraction of sp³-hybridized carbons (Fsp3) is 0.500. The van der Waals surface area contributed by atoms with Crippen molar-refractivity contribution in [3.05, 3.63) is 35.6 Å². The highest BCUT2D eigenvalue weighted by Crippen LogP contribution is 2.34. The van der Waals surface area contributed by atoms with Crippen molar-refractivity contribution in [2.24, 2.45) is 5.92 Å². The second-order valence-corrected chi connectivity index (χ2v) is 4.51. The highest BCUT2D eigenvalue weighted by molar-refractivity contribution is 5.51. The third-order valence-electron chi connectivity index (χ3n) is 3.48. The highest BCUT2D eigenvalue weighted by Gasteiger charge is 2.25. The smallest absolute Gasteiger partial charge is 0.123 e. The zero-order valence-corrected chi connectivity index (χ0v) is 9.77. The number of carbonyl (C=O) groups excluding carboxylic acids is 1. The largest absolute Gasteiger partial charge is 0.381 e. The lowest BCUT2D eigenvalue weighted by Crippen LogP contribution is -2.22. The fourth-order valence-electron chi connectivity index (χ4n) is 2.53. The van der Waals surface area contributed by atoms with Gasteiger partial charge in [0.15, 0.2) is 0 Å². The normalized spacial score (nSPS) is 18.9. The minimum Gasteiger partial charge on any atom is -0.381 e. The molecule has 0 aromatic heterocycles. The van der Waals surface area contributed by atoms with Gasteiger partial charge >= 0.3 is 0 Å². The maximum absolute atomic E-state index is 12.9. The average molecular weight is 236 g/mol. The van der Waals surface area contributed by atoms with Crippen LogP contribution in [0.15, 0.2) is 24.3 Å². The molecule has 1 aliphatic heterocycles. The molecule has 0 N–H and O–H groups in total. The Morgan fingerprint density at radius 3 is 2.53 bits per heavy atom. The predicted octanol–water partition coefficient (Wildman–Crippen LogP) is 2.92. The molecule has 2 nitrogen and oxygen atoms in total. The molecule has 0 amide bonds. The van der Waals surface area contributed by atoms with Crippen LogP contribution in [0.25, 0.3) is 0 Å². The van der Waals surface area contributed by atoms with Crippen LogP contribution in [0, 0.1) is 11.7 Å². The van der Waals surface area contributed by atoms with Crippen LogP contribution >= 0.6 is 0 Å². The minimum atomic E-state index is -0.231. The molecule has 1 fully saturated rings. The number of hydrogen-bond acceptors (Lipinski definition) is 2. The molecule has 1 saturated heterocycles. The van der Waals surface area contributed by atoms with Crippen molar-refractivity contribution in [3.8, 4) is 0 Å². The minimum absolute atomic E-state index is 0.206. The summed E-state index contributed by atoms with van der Waals surface area (Å²) in [7, 11) is 0. The Labute approximate surface area is 101 Å². The fourth-order valence-corrected chi connectivity index (χ4v) is 2.53. The van der Waals surface area contributed by atoms with Gasteiger partial charge in [-0.05, 0) is 42.4 Å². The van der Waals surface area contributed by atoms with Crippen LogP contribution in [-0.4, -0.2) is 19.5 Å². The Bertz CT molecular complexity index is 355. The van der Waals surface area contributed by atoms with Crippen LogP contribution in [0.4, 0.5) is 4.39 Å². The van der Waals surface area contributed by atoms with Crippen molar-refractivity contribution in [3.63, 3.8) is 0 Å². The molecule has 1 atom stereocenters. The first kappa shape index (κ1) is 12.2. The molecule has 1 aromatic rings. The number of benzene rings is 1. The molecule has 1 aromatic carbocycles. The van der Waals surface area contributed by atoms with Gasteiger partial charge in [-0.3, -0.25) is 0 Å². The molecule has 3 heteroatoms. The summed E-state index contributed by atoms with van der Waals surface area (Å²) in [5, 5.41) is 0. The summed E-state index contributed by atoms with van der Waals surface area (Å²) < 4.78 is 18.2. The number of aldehydes is 1. The molecular weight excluding hydrogens is 219 g/mol. The van der Waals surface area contributed by atoms with Gasteiger partial charge in [-0.15, -0.1) is 0 Å². The molecule has 0 bridgehead atoms. The Balaban J connectivity index is 2.15. The van der Waals surface area contributed by atoms with Crippen LogP contribution in [0.3, 0.4) is 0 Å². The number of halogens is 1. The van der Waals surface area contributed by atoms with E-state index in [0.717, 1.165) is 37.9 Å². The first-order valence-corrected chi connectivity index (χ1v) is 6.08. The van der Waals surface area contributed by atoms with Crippen molar-refractivity contribution in [1.29, 1.82) is 0 Å². The van der Waals surface area contributed by atoms with E-state index in [2.05, 4.69) is 0 Å². The third kappa shape index (κ3) is 3.13. The molecule has 0 spiro atoms. The van der Waals surface area contributed by atoms with E-state index in [4.69, 9.17) is 4.74 Å². The lowest BCUT2D eigenvalue weighted by molar-refractivity contribution is -0.108. The number of hydrogen-bond donors (Lipinski definition) is 0. The van der Waals surface area contributed by atoms with Gasteiger partial charge in [-0.1, -0.05) is 12.1 Å². The summed E-state index contributed by atoms with van der Waals surface area (Å²) in [4.78, 5) is 10.8. The van der Waals surface area contributed by atoms with Gasteiger partial charge in [-0.25, -0.2) is 4.39 Å². The van der Waals surface area contributed by atoms with Crippen LogP contribution in [-0.2, 0) is 9.53 Å². The summed E-state index contributed by atoms with van der Waals surface area (Å²) in [6.07, 6.45) is 3.44. The van der Waals surface area contributed by atoms with E-state index >= 15 is 0 Å². The molecule has 1 aliphatic rings. The zero-order chi connectivity index (χ0) is 12.1. The van der Waals surface area contributed by atoms with Gasteiger partial charge in [-0.2, -0.15) is 0 Å². The molecule has 92 valence electrons. The van der Waals surface area contributed by atoms with Crippen LogP contribution in [0.5, 0.6) is 0 Å². The van der Waals surface area contributed by atoms with Crippen molar-refractivity contribution < 1.29 is 13.9 Å². The predicted molar refractivity (Wildman–Crippen MR) is 63.4 cm³/mol. The molecular formula is C14H17FO2.